The molecule has 13 atom stereocenters. The van der Waals surface area contributed by atoms with Crippen LogP contribution in [0.15, 0.2) is 0 Å². The predicted molar refractivity (Wildman–Crippen MR) is 301 cm³/mol. The van der Waals surface area contributed by atoms with Gasteiger partial charge in [0.1, 0.15) is 23.4 Å². The number of ether oxygens (including phenoxy) is 7. The minimum absolute atomic E-state index is 0.0106. The van der Waals surface area contributed by atoms with Gasteiger partial charge in [-0.05, 0) is 262 Å². The lowest BCUT2D eigenvalue weighted by Crippen LogP contribution is -2.59. The van der Waals surface area contributed by atoms with Crippen molar-refractivity contribution in [1.29, 1.82) is 0 Å². The first kappa shape index (κ1) is 58.7. The summed E-state index contributed by atoms with van der Waals surface area (Å²) in [6.45, 7) is 17.8. The van der Waals surface area contributed by atoms with Crippen LogP contribution in [0, 0.1) is 110 Å². The molecule has 14 fully saturated rings. The Labute approximate surface area is 488 Å². The highest BCUT2D eigenvalue weighted by Crippen LogP contribution is 2.63. The van der Waals surface area contributed by atoms with E-state index in [9.17, 15) is 19.2 Å². The van der Waals surface area contributed by atoms with Gasteiger partial charge in [0.25, 0.3) is 0 Å². The van der Waals surface area contributed by atoms with Crippen molar-refractivity contribution in [3.05, 3.63) is 0 Å². The Morgan fingerprint density at radius 2 is 1.22 bits per heavy atom. The van der Waals surface area contributed by atoms with Gasteiger partial charge in [-0.2, -0.15) is 0 Å². The van der Waals surface area contributed by atoms with Crippen LogP contribution < -0.4 is 0 Å². The van der Waals surface area contributed by atoms with Gasteiger partial charge in [0.05, 0.1) is 46.2 Å². The van der Waals surface area contributed by atoms with Gasteiger partial charge in [0, 0.05) is 24.7 Å². The third-order valence-electron chi connectivity index (χ3n) is 25.5. The van der Waals surface area contributed by atoms with E-state index in [2.05, 4.69) is 13.8 Å². The Bertz CT molecular complexity index is 2460. The third-order valence-corrected chi connectivity index (χ3v) is 25.5. The maximum atomic E-state index is 15.8. The number of hydrogen-bond donors (Lipinski definition) is 0. The highest BCUT2D eigenvalue weighted by Gasteiger charge is 2.65. The zero-order valence-electron chi connectivity index (χ0n) is 51.3. The number of rotatable bonds is 24. The van der Waals surface area contributed by atoms with Gasteiger partial charge in [-0.25, -0.2) is 4.79 Å². The summed E-state index contributed by atoms with van der Waals surface area (Å²) in [6.07, 6.45) is 19.0. The van der Waals surface area contributed by atoms with Crippen molar-refractivity contribution in [3.63, 3.8) is 0 Å². The summed E-state index contributed by atoms with van der Waals surface area (Å²) < 4.78 is 43.2. The molecule has 12 aliphatic carbocycles. The van der Waals surface area contributed by atoms with Crippen molar-refractivity contribution >= 4 is 41.8 Å². The maximum Gasteiger partial charge on any atom is 0.347 e. The second kappa shape index (κ2) is 21.3. The molecule has 2 heterocycles. The van der Waals surface area contributed by atoms with Crippen LogP contribution in [0.1, 0.15) is 229 Å². The molecule has 14 heteroatoms. The molecule has 14 aliphatic rings. The van der Waals surface area contributed by atoms with Crippen LogP contribution in [0.2, 0.25) is 0 Å². The minimum Gasteiger partial charge on any atom is -0.465 e. The molecular weight excluding hydrogens is 1040 g/mol. The molecule has 0 aromatic carbocycles. The quantitative estimate of drug-likeness (QED) is 0.0657. The topological polar surface area (TPSA) is 184 Å². The van der Waals surface area contributed by atoms with Gasteiger partial charge >= 0.3 is 41.8 Å². The highest BCUT2D eigenvalue weighted by molar-refractivity contribution is 5.86. The molecule has 0 spiro atoms. The average molecular weight is 1140 g/mol. The van der Waals surface area contributed by atoms with Gasteiger partial charge in [-0.3, -0.25) is 28.8 Å². The Morgan fingerprint density at radius 3 is 1.84 bits per heavy atom. The summed E-state index contributed by atoms with van der Waals surface area (Å²) in [5, 5.41) is 0. The van der Waals surface area contributed by atoms with Crippen LogP contribution in [-0.4, -0.2) is 84.5 Å². The fourth-order valence-electron chi connectivity index (χ4n) is 21.6. The second-order valence-electron chi connectivity index (χ2n) is 32.8. The summed E-state index contributed by atoms with van der Waals surface area (Å²) in [4.78, 5) is 100. The molecule has 12 bridgehead atoms. The van der Waals surface area contributed by atoms with Crippen LogP contribution in [0.4, 0.5) is 0 Å². The lowest BCUT2D eigenvalue weighted by atomic mass is 9.49. The van der Waals surface area contributed by atoms with Crippen molar-refractivity contribution in [2.24, 2.45) is 110 Å². The molecule has 0 amide bonds. The highest BCUT2D eigenvalue weighted by atomic mass is 16.6. The molecule has 0 aromatic heterocycles. The number of cyclic esters (lactones) is 1. The summed E-state index contributed by atoms with van der Waals surface area (Å²) in [5.41, 5.74) is -7.08. The summed E-state index contributed by atoms with van der Waals surface area (Å²) >= 11 is 0. The first-order valence-electron chi connectivity index (χ1n) is 33.1. The predicted octanol–water partition coefficient (Wildman–Crippen LogP) is 12.4. The number of hydrogen-bond acceptors (Lipinski definition) is 14. The number of esters is 7. The maximum absolute atomic E-state index is 15.8. The zero-order valence-corrected chi connectivity index (χ0v) is 51.3. The van der Waals surface area contributed by atoms with Crippen molar-refractivity contribution in [2.75, 3.05) is 13.2 Å². The Kier molecular flexibility index (Phi) is 15.2. The number of fused-ring (bicyclic) bond motifs is 3. The smallest absolute Gasteiger partial charge is 0.347 e. The van der Waals surface area contributed by atoms with Crippen molar-refractivity contribution in [2.45, 2.75) is 259 Å². The molecule has 82 heavy (non-hydrogen) atoms. The molecule has 13 unspecified atom stereocenters. The van der Waals surface area contributed by atoms with Crippen LogP contribution >= 0.6 is 0 Å². The van der Waals surface area contributed by atoms with Crippen LogP contribution in [0.3, 0.4) is 0 Å². The van der Waals surface area contributed by atoms with E-state index in [-0.39, 0.29) is 91.8 Å². The molecule has 14 nitrogen and oxygen atoms in total. The lowest BCUT2D eigenvalue weighted by Gasteiger charge is -2.59. The summed E-state index contributed by atoms with van der Waals surface area (Å²) in [5.74, 6) is 3.46. The molecule has 2 aliphatic heterocycles. The van der Waals surface area contributed by atoms with Gasteiger partial charge in [0.15, 0.2) is 0 Å². The van der Waals surface area contributed by atoms with Crippen molar-refractivity contribution in [1.82, 2.24) is 0 Å². The van der Waals surface area contributed by atoms with Gasteiger partial charge in [-0.1, -0.05) is 19.8 Å². The summed E-state index contributed by atoms with van der Waals surface area (Å²) in [6, 6.07) is 0. The average Bonchev–Trinajstić information content (AvgIpc) is 2.41. The molecule has 12 saturated carbocycles. The van der Waals surface area contributed by atoms with Gasteiger partial charge in [-0.15, -0.1) is 0 Å². The first-order valence-corrected chi connectivity index (χ1v) is 33.1. The van der Waals surface area contributed by atoms with E-state index >= 15 is 14.4 Å². The molecule has 14 rings (SSSR count). The van der Waals surface area contributed by atoms with E-state index in [4.69, 9.17) is 33.2 Å². The standard InChI is InChI=1S/C68H100O14/c1-38-44-13-14-45(30-44)49(38)12-10-16-64(6,59(73)81-63(4,5)19-21-77-61(75)68-33-41-23-42(34-68)25-43(24-41)35-68)17-11-18-65(7,60(74)82-67(9)47-26-39-22-40(28-47)29-48(67)27-39)37-66(8,58(72)78-52-15-20-76-56(52)70)36-62(2,3)57(71)80-53-46-31-50-51(32-46)55(69)79-54(50)53/h38-54H,10-37H2,1-9H3. The number of carbonyl (C=O) groups is 7. The SMILES string of the molecule is CC1C2CCC(C2)C1CCCC(C)(CCCC(C)(CC(C)(CC(C)(C)C(=O)OC1C2CC3C(=O)OC1C3C2)C(=O)OC1CCOC1=O)C(=O)OC1(C)C2CC3CC(C2)CC1C3)C(=O)OC(C)(C)CCOC(=O)C12CC3CC(CC(C3)C1)C2. The fourth-order valence-corrected chi connectivity index (χ4v) is 21.6. The largest absolute Gasteiger partial charge is 0.465 e. The van der Waals surface area contributed by atoms with E-state index < -0.39 is 75.1 Å². The van der Waals surface area contributed by atoms with E-state index in [0.717, 1.165) is 76.0 Å². The van der Waals surface area contributed by atoms with E-state index in [1.165, 1.54) is 44.9 Å². The molecule has 2 saturated heterocycles. The van der Waals surface area contributed by atoms with Crippen LogP contribution in [0.25, 0.3) is 0 Å². The Hall–Kier alpha value is -3.71. The van der Waals surface area contributed by atoms with E-state index in [0.29, 0.717) is 73.5 Å². The lowest BCUT2D eigenvalue weighted by molar-refractivity contribution is -0.214. The molecule has 0 radical (unpaired) electrons. The summed E-state index contributed by atoms with van der Waals surface area (Å²) in [7, 11) is 0. The molecular formula is C68H100O14. The monoisotopic (exact) mass is 1140 g/mol. The van der Waals surface area contributed by atoms with Gasteiger partial charge < -0.3 is 33.2 Å². The second-order valence-corrected chi connectivity index (χ2v) is 32.8. The normalized spacial score (nSPS) is 41.8. The van der Waals surface area contributed by atoms with E-state index in [1.807, 2.05) is 27.7 Å². The number of carbonyl (C=O) groups excluding carboxylic acids is 7. The molecule has 456 valence electrons. The third kappa shape index (κ3) is 10.8. The van der Waals surface area contributed by atoms with Crippen molar-refractivity contribution in [3.8, 4) is 0 Å². The molecule has 0 aromatic rings. The minimum atomic E-state index is -1.54. The first-order chi connectivity index (χ1) is 38.7. The van der Waals surface area contributed by atoms with Crippen LogP contribution in [-0.2, 0) is 66.7 Å². The zero-order chi connectivity index (χ0) is 58.1. The van der Waals surface area contributed by atoms with Gasteiger partial charge in [0.2, 0.25) is 6.10 Å². The Morgan fingerprint density at radius 1 is 0.598 bits per heavy atom. The van der Waals surface area contributed by atoms with Crippen molar-refractivity contribution < 1.29 is 66.7 Å². The fraction of sp³-hybridized carbons (Fsp3) is 0.897. The molecule has 0 N–H and O–H groups in total. The van der Waals surface area contributed by atoms with Crippen LogP contribution in [0.5, 0.6) is 0 Å². The Balaban J connectivity index is 0.790. The van der Waals surface area contributed by atoms with E-state index in [1.54, 1.807) is 20.8 Å².